The number of nitrogen functional groups attached to an aromatic ring is 1. The third kappa shape index (κ3) is 2.79. The van der Waals surface area contributed by atoms with E-state index in [4.69, 9.17) is 5.84 Å². The van der Waals surface area contributed by atoms with Crippen LogP contribution in [0.3, 0.4) is 0 Å². The Morgan fingerprint density at radius 2 is 2.35 bits per heavy atom. The molecule has 2 heterocycles. The molecule has 1 amide bonds. The fourth-order valence-electron chi connectivity index (χ4n) is 1.29. The van der Waals surface area contributed by atoms with Crippen LogP contribution in [0.15, 0.2) is 30.7 Å². The number of amides is 1. The summed E-state index contributed by atoms with van der Waals surface area (Å²) in [5, 5.41) is 2.71. The first-order chi connectivity index (χ1) is 8.29. The lowest BCUT2D eigenvalue weighted by Crippen LogP contribution is -2.24. The lowest BCUT2D eigenvalue weighted by molar-refractivity contribution is 0.0945. The summed E-state index contributed by atoms with van der Waals surface area (Å²) in [6.07, 6.45) is 3.20. The number of aromatic amines is 1. The van der Waals surface area contributed by atoms with Crippen molar-refractivity contribution in [3.05, 3.63) is 42.1 Å². The SMILES string of the molecule is NNc1cccc(C(=O)NCc2cnc[nH]2)n1. The predicted octanol–water partition coefficient (Wildman–Crippen LogP) is 0.0203. The van der Waals surface area contributed by atoms with Crippen LogP contribution in [0.5, 0.6) is 0 Å². The molecule has 7 nitrogen and oxygen atoms in total. The van der Waals surface area contributed by atoms with E-state index in [0.29, 0.717) is 18.1 Å². The summed E-state index contributed by atoms with van der Waals surface area (Å²) in [6.45, 7) is 0.376. The molecule has 0 fully saturated rings. The van der Waals surface area contributed by atoms with Crippen LogP contribution >= 0.6 is 0 Å². The number of anilines is 1. The van der Waals surface area contributed by atoms with Gasteiger partial charge in [0.25, 0.3) is 5.91 Å². The largest absolute Gasteiger partial charge is 0.347 e. The highest BCUT2D eigenvalue weighted by atomic mass is 16.1. The molecule has 17 heavy (non-hydrogen) atoms. The molecule has 2 aromatic rings. The van der Waals surface area contributed by atoms with Crippen LogP contribution in [0.1, 0.15) is 16.2 Å². The van der Waals surface area contributed by atoms with Gasteiger partial charge in [-0.25, -0.2) is 15.8 Å². The van der Waals surface area contributed by atoms with Gasteiger partial charge in [-0.3, -0.25) is 4.79 Å². The van der Waals surface area contributed by atoms with Gasteiger partial charge in [0.1, 0.15) is 11.5 Å². The number of carbonyl (C=O) groups is 1. The van der Waals surface area contributed by atoms with Crippen molar-refractivity contribution in [2.75, 3.05) is 5.43 Å². The third-order valence-corrected chi connectivity index (χ3v) is 2.12. The Kier molecular flexibility index (Phi) is 3.31. The van der Waals surface area contributed by atoms with Gasteiger partial charge >= 0.3 is 0 Å². The number of rotatable bonds is 4. The summed E-state index contributed by atoms with van der Waals surface area (Å²) < 4.78 is 0. The summed E-state index contributed by atoms with van der Waals surface area (Å²) >= 11 is 0. The lowest BCUT2D eigenvalue weighted by Gasteiger charge is -2.04. The van der Waals surface area contributed by atoms with Crippen molar-refractivity contribution < 1.29 is 4.79 Å². The van der Waals surface area contributed by atoms with Crippen molar-refractivity contribution in [3.63, 3.8) is 0 Å². The van der Waals surface area contributed by atoms with Crippen LogP contribution in [0.25, 0.3) is 0 Å². The number of nitrogens with two attached hydrogens (primary N) is 1. The zero-order valence-corrected chi connectivity index (χ0v) is 8.97. The second-order valence-corrected chi connectivity index (χ2v) is 3.31. The van der Waals surface area contributed by atoms with E-state index in [1.807, 2.05) is 0 Å². The minimum atomic E-state index is -0.267. The van der Waals surface area contributed by atoms with Crippen molar-refractivity contribution >= 4 is 11.7 Å². The highest BCUT2D eigenvalue weighted by Crippen LogP contribution is 2.03. The molecule has 0 spiro atoms. The maximum atomic E-state index is 11.7. The van der Waals surface area contributed by atoms with Gasteiger partial charge in [-0.2, -0.15) is 0 Å². The topological polar surface area (TPSA) is 109 Å². The Balaban J connectivity index is 1.99. The minimum Gasteiger partial charge on any atom is -0.347 e. The standard InChI is InChI=1S/C10H12N6O/c11-16-9-3-1-2-8(15-9)10(17)13-5-7-4-12-6-14-7/h1-4,6H,5,11H2,(H,12,14)(H,13,17)(H,15,16). The molecule has 2 rings (SSSR count). The van der Waals surface area contributed by atoms with Crippen LogP contribution < -0.4 is 16.6 Å². The molecule has 0 aliphatic heterocycles. The van der Waals surface area contributed by atoms with E-state index >= 15 is 0 Å². The zero-order chi connectivity index (χ0) is 12.1. The van der Waals surface area contributed by atoms with Crippen molar-refractivity contribution in [2.45, 2.75) is 6.54 Å². The molecule has 0 bridgehead atoms. The van der Waals surface area contributed by atoms with Crippen molar-refractivity contribution in [3.8, 4) is 0 Å². The fourth-order valence-corrected chi connectivity index (χ4v) is 1.29. The molecule has 0 saturated heterocycles. The van der Waals surface area contributed by atoms with Crippen molar-refractivity contribution in [2.24, 2.45) is 5.84 Å². The van der Waals surface area contributed by atoms with Gasteiger partial charge < -0.3 is 15.7 Å². The quantitative estimate of drug-likeness (QED) is 0.439. The lowest BCUT2D eigenvalue weighted by atomic mass is 10.3. The average Bonchev–Trinajstić information content (AvgIpc) is 2.89. The number of nitrogens with one attached hydrogen (secondary N) is 3. The van der Waals surface area contributed by atoms with E-state index in [9.17, 15) is 4.79 Å². The first kappa shape index (κ1) is 11.1. The van der Waals surface area contributed by atoms with Gasteiger partial charge in [0.05, 0.1) is 18.6 Å². The normalized spacial score (nSPS) is 9.94. The first-order valence-corrected chi connectivity index (χ1v) is 4.98. The fraction of sp³-hybridized carbons (Fsp3) is 0.100. The van der Waals surface area contributed by atoms with Crippen LogP contribution in [0, 0.1) is 0 Å². The number of nitrogens with zero attached hydrogens (tertiary/aromatic N) is 2. The summed E-state index contributed by atoms with van der Waals surface area (Å²) in [7, 11) is 0. The Morgan fingerprint density at radius 3 is 3.06 bits per heavy atom. The summed E-state index contributed by atoms with van der Waals surface area (Å²) in [6, 6.07) is 4.99. The number of hydrogen-bond acceptors (Lipinski definition) is 5. The Bertz CT molecular complexity index is 495. The molecule has 5 N–H and O–H groups in total. The number of H-pyrrole nitrogens is 1. The van der Waals surface area contributed by atoms with E-state index < -0.39 is 0 Å². The second-order valence-electron chi connectivity index (χ2n) is 3.31. The molecule has 0 radical (unpaired) electrons. The number of carbonyl (C=O) groups excluding carboxylic acids is 1. The van der Waals surface area contributed by atoms with E-state index in [1.54, 1.807) is 30.7 Å². The van der Waals surface area contributed by atoms with E-state index in [1.165, 1.54) is 0 Å². The van der Waals surface area contributed by atoms with E-state index in [-0.39, 0.29) is 5.91 Å². The summed E-state index contributed by atoms with van der Waals surface area (Å²) in [4.78, 5) is 22.5. The number of imidazole rings is 1. The molecule has 0 aliphatic carbocycles. The van der Waals surface area contributed by atoms with Gasteiger partial charge in [-0.05, 0) is 12.1 Å². The maximum Gasteiger partial charge on any atom is 0.270 e. The van der Waals surface area contributed by atoms with Gasteiger partial charge in [-0.1, -0.05) is 6.07 Å². The Labute approximate surface area is 97.4 Å². The molecular formula is C10H12N6O. The van der Waals surface area contributed by atoms with Crippen LogP contribution in [-0.4, -0.2) is 20.9 Å². The number of pyridine rings is 1. The first-order valence-electron chi connectivity index (χ1n) is 4.98. The van der Waals surface area contributed by atoms with Crippen LogP contribution in [0.4, 0.5) is 5.82 Å². The average molecular weight is 232 g/mol. The monoisotopic (exact) mass is 232 g/mol. The Hall–Kier alpha value is -2.41. The van der Waals surface area contributed by atoms with Crippen molar-refractivity contribution in [1.82, 2.24) is 20.3 Å². The number of hydrogen-bond donors (Lipinski definition) is 4. The van der Waals surface area contributed by atoms with Gasteiger partial charge in [0, 0.05) is 6.20 Å². The zero-order valence-electron chi connectivity index (χ0n) is 8.97. The molecule has 0 aromatic carbocycles. The molecular weight excluding hydrogens is 220 g/mol. The molecule has 88 valence electrons. The highest BCUT2D eigenvalue weighted by Gasteiger charge is 2.07. The molecule has 0 unspecified atom stereocenters. The highest BCUT2D eigenvalue weighted by molar-refractivity contribution is 5.92. The van der Waals surface area contributed by atoms with Crippen LogP contribution in [-0.2, 0) is 6.54 Å². The Morgan fingerprint density at radius 1 is 1.47 bits per heavy atom. The maximum absolute atomic E-state index is 11.7. The molecule has 0 atom stereocenters. The molecule has 7 heteroatoms. The van der Waals surface area contributed by atoms with E-state index in [2.05, 4.69) is 25.7 Å². The second kappa shape index (κ2) is 5.08. The van der Waals surface area contributed by atoms with Gasteiger partial charge in [0.15, 0.2) is 0 Å². The van der Waals surface area contributed by atoms with Crippen LogP contribution in [0.2, 0.25) is 0 Å². The minimum absolute atomic E-state index is 0.267. The van der Waals surface area contributed by atoms with Crippen molar-refractivity contribution in [1.29, 1.82) is 0 Å². The van der Waals surface area contributed by atoms with Gasteiger partial charge in [-0.15, -0.1) is 0 Å². The number of hydrazine groups is 1. The number of aromatic nitrogens is 3. The third-order valence-electron chi connectivity index (χ3n) is 2.12. The van der Waals surface area contributed by atoms with Gasteiger partial charge in [0.2, 0.25) is 0 Å². The smallest absolute Gasteiger partial charge is 0.270 e. The predicted molar refractivity (Wildman–Crippen MR) is 61.8 cm³/mol. The summed E-state index contributed by atoms with van der Waals surface area (Å²) in [5.74, 6) is 5.39. The summed E-state index contributed by atoms with van der Waals surface area (Å²) in [5.41, 5.74) is 3.52. The molecule has 0 aliphatic rings. The molecule has 0 saturated carbocycles. The van der Waals surface area contributed by atoms with E-state index in [0.717, 1.165) is 5.69 Å². The molecule has 2 aromatic heterocycles.